The summed E-state index contributed by atoms with van der Waals surface area (Å²) in [6.45, 7) is 0.727. The predicted octanol–water partition coefficient (Wildman–Crippen LogP) is 2.24. The summed E-state index contributed by atoms with van der Waals surface area (Å²) >= 11 is 0. The SMILES string of the molecule is NC(=O)C(c1ccccc1)N1CCN(S(=O)(=O)c2ccc(C(F)(F)F)cc2)CC1. The van der Waals surface area contributed by atoms with Crippen molar-refractivity contribution >= 4 is 15.9 Å². The van der Waals surface area contributed by atoms with Gasteiger partial charge in [0, 0.05) is 26.2 Å². The monoisotopic (exact) mass is 427 g/mol. The highest BCUT2D eigenvalue weighted by molar-refractivity contribution is 7.89. The molecule has 0 spiro atoms. The molecule has 1 fully saturated rings. The summed E-state index contributed by atoms with van der Waals surface area (Å²) in [5.41, 5.74) is 5.37. The van der Waals surface area contributed by atoms with Crippen LogP contribution >= 0.6 is 0 Å². The molecule has 1 atom stereocenters. The largest absolute Gasteiger partial charge is 0.416 e. The van der Waals surface area contributed by atoms with Gasteiger partial charge in [0.15, 0.2) is 0 Å². The van der Waals surface area contributed by atoms with Crippen LogP contribution in [-0.2, 0) is 21.0 Å². The summed E-state index contributed by atoms with van der Waals surface area (Å²) in [4.78, 5) is 13.6. The van der Waals surface area contributed by atoms with Crippen molar-refractivity contribution in [3.8, 4) is 0 Å². The minimum Gasteiger partial charge on any atom is -0.368 e. The van der Waals surface area contributed by atoms with Gasteiger partial charge in [-0.25, -0.2) is 8.42 Å². The first-order valence-corrected chi connectivity index (χ1v) is 10.3. The van der Waals surface area contributed by atoms with Gasteiger partial charge >= 0.3 is 6.18 Å². The topological polar surface area (TPSA) is 83.7 Å². The average molecular weight is 427 g/mol. The van der Waals surface area contributed by atoms with E-state index in [0.717, 1.165) is 29.8 Å². The van der Waals surface area contributed by atoms with E-state index in [1.807, 2.05) is 6.07 Å². The molecule has 0 aliphatic carbocycles. The number of hydrogen-bond donors (Lipinski definition) is 1. The Labute approximate surface area is 166 Å². The molecule has 1 unspecified atom stereocenters. The average Bonchev–Trinajstić information content (AvgIpc) is 2.68. The van der Waals surface area contributed by atoms with Crippen LogP contribution < -0.4 is 5.73 Å². The van der Waals surface area contributed by atoms with Crippen LogP contribution in [0.4, 0.5) is 13.2 Å². The van der Waals surface area contributed by atoms with Gasteiger partial charge in [-0.3, -0.25) is 9.69 Å². The Morgan fingerprint density at radius 1 is 0.931 bits per heavy atom. The molecule has 1 aliphatic heterocycles. The lowest BCUT2D eigenvalue weighted by Crippen LogP contribution is -2.51. The van der Waals surface area contributed by atoms with Crippen LogP contribution in [-0.4, -0.2) is 49.7 Å². The Bertz CT molecular complexity index is 956. The number of carbonyl (C=O) groups is 1. The summed E-state index contributed by atoms with van der Waals surface area (Å²) in [5.74, 6) is -0.532. The van der Waals surface area contributed by atoms with Gasteiger partial charge in [0.05, 0.1) is 10.5 Å². The highest BCUT2D eigenvalue weighted by Crippen LogP contribution is 2.30. The lowest BCUT2D eigenvalue weighted by atomic mass is 10.0. The minimum atomic E-state index is -4.53. The van der Waals surface area contributed by atoms with Crippen molar-refractivity contribution in [2.24, 2.45) is 5.73 Å². The standard InChI is InChI=1S/C19H20F3N3O3S/c20-19(21,22)15-6-8-16(9-7-15)29(27,28)25-12-10-24(11-13-25)17(18(23)26)14-4-2-1-3-5-14/h1-9,17H,10-13H2,(H2,23,26). The van der Waals surface area contributed by atoms with Crippen molar-refractivity contribution in [1.82, 2.24) is 9.21 Å². The van der Waals surface area contributed by atoms with Crippen LogP contribution in [0.15, 0.2) is 59.5 Å². The third-order valence-corrected chi connectivity index (χ3v) is 6.76. The highest BCUT2D eigenvalue weighted by Gasteiger charge is 2.35. The van der Waals surface area contributed by atoms with Gasteiger partial charge in [-0.05, 0) is 29.8 Å². The third-order valence-electron chi connectivity index (χ3n) is 4.84. The predicted molar refractivity (Wildman–Crippen MR) is 100 cm³/mol. The molecule has 156 valence electrons. The summed E-state index contributed by atoms with van der Waals surface area (Å²) in [7, 11) is -3.94. The molecule has 0 radical (unpaired) electrons. The molecule has 10 heteroatoms. The zero-order chi connectivity index (χ0) is 21.2. The van der Waals surface area contributed by atoms with Gasteiger partial charge in [-0.2, -0.15) is 17.5 Å². The molecule has 1 aliphatic rings. The van der Waals surface area contributed by atoms with E-state index in [4.69, 9.17) is 5.73 Å². The number of benzene rings is 2. The van der Waals surface area contributed by atoms with E-state index in [0.29, 0.717) is 0 Å². The second-order valence-electron chi connectivity index (χ2n) is 6.68. The van der Waals surface area contributed by atoms with Crippen LogP contribution in [0.5, 0.6) is 0 Å². The van der Waals surface area contributed by atoms with Crippen molar-refractivity contribution in [3.05, 3.63) is 65.7 Å². The fourth-order valence-corrected chi connectivity index (χ4v) is 4.78. The van der Waals surface area contributed by atoms with E-state index in [1.165, 1.54) is 4.31 Å². The van der Waals surface area contributed by atoms with E-state index < -0.39 is 33.7 Å². The van der Waals surface area contributed by atoms with Crippen LogP contribution in [0.25, 0.3) is 0 Å². The molecule has 3 rings (SSSR count). The Morgan fingerprint density at radius 2 is 1.48 bits per heavy atom. The number of rotatable bonds is 5. The van der Waals surface area contributed by atoms with Crippen molar-refractivity contribution in [2.75, 3.05) is 26.2 Å². The second kappa shape index (κ2) is 8.13. The summed E-state index contributed by atoms with van der Waals surface area (Å²) in [6, 6.07) is 11.7. The number of hydrogen-bond acceptors (Lipinski definition) is 4. The van der Waals surface area contributed by atoms with Crippen molar-refractivity contribution in [2.45, 2.75) is 17.1 Å². The molecule has 0 saturated carbocycles. The number of carbonyl (C=O) groups excluding carboxylic acids is 1. The zero-order valence-electron chi connectivity index (χ0n) is 15.3. The number of halogens is 3. The van der Waals surface area contributed by atoms with E-state index in [-0.39, 0.29) is 31.1 Å². The van der Waals surface area contributed by atoms with E-state index in [9.17, 15) is 26.4 Å². The summed E-state index contributed by atoms with van der Waals surface area (Å²) in [5, 5.41) is 0. The number of piperazine rings is 1. The molecule has 0 bridgehead atoms. The lowest BCUT2D eigenvalue weighted by Gasteiger charge is -2.37. The molecule has 1 heterocycles. The van der Waals surface area contributed by atoms with Crippen LogP contribution in [0, 0.1) is 0 Å². The fourth-order valence-electron chi connectivity index (χ4n) is 3.36. The van der Waals surface area contributed by atoms with Gasteiger partial charge in [0.25, 0.3) is 0 Å². The molecule has 1 amide bonds. The van der Waals surface area contributed by atoms with Gasteiger partial charge in [-0.1, -0.05) is 30.3 Å². The van der Waals surface area contributed by atoms with Gasteiger partial charge in [-0.15, -0.1) is 0 Å². The smallest absolute Gasteiger partial charge is 0.368 e. The first-order chi connectivity index (χ1) is 13.6. The fraction of sp³-hybridized carbons (Fsp3) is 0.316. The van der Waals surface area contributed by atoms with Crippen LogP contribution in [0.1, 0.15) is 17.2 Å². The van der Waals surface area contributed by atoms with Gasteiger partial charge in [0.1, 0.15) is 6.04 Å². The van der Waals surface area contributed by atoms with Crippen LogP contribution in [0.3, 0.4) is 0 Å². The van der Waals surface area contributed by atoms with Gasteiger partial charge in [0.2, 0.25) is 15.9 Å². The molecule has 0 aromatic heterocycles. The molecular weight excluding hydrogens is 407 g/mol. The minimum absolute atomic E-state index is 0.0972. The van der Waals surface area contributed by atoms with Gasteiger partial charge < -0.3 is 5.73 Å². The van der Waals surface area contributed by atoms with Crippen molar-refractivity contribution in [3.63, 3.8) is 0 Å². The number of sulfonamides is 1. The lowest BCUT2D eigenvalue weighted by molar-refractivity contribution is -0.137. The molecule has 6 nitrogen and oxygen atoms in total. The Hall–Kier alpha value is -2.43. The molecule has 2 N–H and O–H groups in total. The third kappa shape index (κ3) is 4.60. The second-order valence-corrected chi connectivity index (χ2v) is 8.62. The number of alkyl halides is 3. The maximum atomic E-state index is 12.8. The van der Waals surface area contributed by atoms with E-state index in [2.05, 4.69) is 0 Å². The summed E-state index contributed by atoms with van der Waals surface area (Å²) < 4.78 is 64.8. The summed E-state index contributed by atoms with van der Waals surface area (Å²) in [6.07, 6.45) is -4.53. The number of nitrogens with two attached hydrogens (primary N) is 1. The van der Waals surface area contributed by atoms with Crippen molar-refractivity contribution in [1.29, 1.82) is 0 Å². The van der Waals surface area contributed by atoms with E-state index in [1.54, 1.807) is 29.2 Å². The molecule has 1 saturated heterocycles. The maximum Gasteiger partial charge on any atom is 0.416 e. The Morgan fingerprint density at radius 3 is 1.97 bits per heavy atom. The van der Waals surface area contributed by atoms with E-state index >= 15 is 0 Å². The maximum absolute atomic E-state index is 12.8. The molecule has 2 aromatic rings. The highest BCUT2D eigenvalue weighted by atomic mass is 32.2. The molecular formula is C19H20F3N3O3S. The number of amides is 1. The Balaban J connectivity index is 1.73. The van der Waals surface area contributed by atoms with Crippen LogP contribution in [0.2, 0.25) is 0 Å². The zero-order valence-corrected chi connectivity index (χ0v) is 16.2. The number of primary amides is 1. The molecule has 29 heavy (non-hydrogen) atoms. The van der Waals surface area contributed by atoms with Crippen molar-refractivity contribution < 1.29 is 26.4 Å². The molecule has 2 aromatic carbocycles. The Kier molecular flexibility index (Phi) is 5.97. The number of nitrogens with zero attached hydrogens (tertiary/aromatic N) is 2. The first kappa shape index (κ1) is 21.3. The first-order valence-electron chi connectivity index (χ1n) is 8.86. The normalized spacial score (nSPS) is 17.8. The quantitative estimate of drug-likeness (QED) is 0.793.